The Bertz CT molecular complexity index is 1770. The van der Waals surface area contributed by atoms with Crippen LogP contribution >= 0.6 is 0 Å². The van der Waals surface area contributed by atoms with Crippen molar-refractivity contribution in [2.45, 2.75) is 63.9 Å². The summed E-state index contributed by atoms with van der Waals surface area (Å²) < 4.78 is 35.2. The van der Waals surface area contributed by atoms with Crippen molar-refractivity contribution in [3.05, 3.63) is 66.1 Å². The Morgan fingerprint density at radius 1 is 0.904 bits per heavy atom. The Morgan fingerprint density at radius 2 is 1.63 bits per heavy atom. The van der Waals surface area contributed by atoms with Crippen LogP contribution in [0.25, 0.3) is 21.9 Å². The number of hydrogen-bond acceptors (Lipinski definition) is 13. The molecule has 0 spiro atoms. The second-order valence-electron chi connectivity index (χ2n) is 13.1. The lowest BCUT2D eigenvalue weighted by Crippen LogP contribution is -2.54. The Balaban J connectivity index is 0.865. The fourth-order valence-corrected chi connectivity index (χ4v) is 6.61. The van der Waals surface area contributed by atoms with E-state index in [0.717, 1.165) is 29.6 Å². The number of methoxy groups -OCH3 is 1. The number of ether oxygens (including phenoxy) is 6. The monoisotopic (exact) mass is 716 g/mol. The van der Waals surface area contributed by atoms with Gasteiger partial charge in [-0.25, -0.2) is 9.67 Å². The maximum atomic E-state index is 10.5. The number of aliphatic hydroxyl groups excluding tert-OH is 2. The summed E-state index contributed by atoms with van der Waals surface area (Å²) >= 11 is 0. The van der Waals surface area contributed by atoms with E-state index in [1.165, 1.54) is 37.4 Å². The van der Waals surface area contributed by atoms with E-state index >= 15 is 0 Å². The molecule has 0 amide bonds. The number of piperidine rings is 1. The predicted octanol–water partition coefficient (Wildman–Crippen LogP) is 3.71. The highest BCUT2D eigenvalue weighted by atomic mass is 16.7. The summed E-state index contributed by atoms with van der Waals surface area (Å²) in [6.45, 7) is 6.54. The van der Waals surface area contributed by atoms with E-state index in [-0.39, 0.29) is 25.6 Å². The van der Waals surface area contributed by atoms with Gasteiger partial charge in [-0.15, -0.1) is 5.10 Å². The molecule has 52 heavy (non-hydrogen) atoms. The van der Waals surface area contributed by atoms with Crippen molar-refractivity contribution >= 4 is 16.5 Å². The minimum atomic E-state index is -0.912. The molecular formula is C38H48N6O8. The van der Waals surface area contributed by atoms with Gasteiger partial charge in [0.05, 0.1) is 58.5 Å². The van der Waals surface area contributed by atoms with Gasteiger partial charge in [0, 0.05) is 43.6 Å². The molecule has 6 rings (SSSR count). The van der Waals surface area contributed by atoms with Crippen molar-refractivity contribution < 1.29 is 38.6 Å². The van der Waals surface area contributed by atoms with Gasteiger partial charge in [-0.05, 0) is 59.9 Å². The highest BCUT2D eigenvalue weighted by Gasteiger charge is 2.42. The van der Waals surface area contributed by atoms with Crippen LogP contribution in [0.5, 0.6) is 5.88 Å². The van der Waals surface area contributed by atoms with Crippen molar-refractivity contribution in [3.8, 4) is 23.1 Å². The van der Waals surface area contributed by atoms with Gasteiger partial charge in [-0.2, -0.15) is 5.26 Å². The molecule has 4 heterocycles. The number of rotatable bonds is 17. The van der Waals surface area contributed by atoms with E-state index in [1.807, 2.05) is 12.1 Å². The molecule has 14 heteroatoms. The third-order valence-electron chi connectivity index (χ3n) is 9.58. The number of nitriles is 1. The van der Waals surface area contributed by atoms with Gasteiger partial charge in [-0.1, -0.05) is 30.3 Å². The molecule has 0 aliphatic carbocycles. The Morgan fingerprint density at radius 3 is 2.40 bits per heavy atom. The summed E-state index contributed by atoms with van der Waals surface area (Å²) in [5.41, 5.74) is 4.00. The zero-order valence-corrected chi connectivity index (χ0v) is 29.8. The zero-order valence-electron chi connectivity index (χ0n) is 29.8. The van der Waals surface area contributed by atoms with Gasteiger partial charge < -0.3 is 43.5 Å². The fourth-order valence-electron chi connectivity index (χ4n) is 6.61. The highest BCUT2D eigenvalue weighted by Crippen LogP contribution is 2.33. The number of nitrogens with zero attached hydrogens (tertiary/aromatic N) is 6. The molecule has 0 radical (unpaired) electrons. The Kier molecular flexibility index (Phi) is 13.4. The van der Waals surface area contributed by atoms with Crippen LogP contribution in [0.4, 0.5) is 5.69 Å². The molecule has 2 N–H and O–H groups in total. The molecule has 278 valence electrons. The Labute approximate surface area is 303 Å². The van der Waals surface area contributed by atoms with Crippen LogP contribution in [-0.4, -0.2) is 115 Å². The predicted molar refractivity (Wildman–Crippen MR) is 192 cm³/mol. The molecule has 2 aliphatic heterocycles. The molecule has 0 saturated carbocycles. The largest absolute Gasteiger partial charge is 0.474 e. The van der Waals surface area contributed by atoms with Crippen molar-refractivity contribution in [2.75, 3.05) is 64.7 Å². The molecule has 14 nitrogen and oxygen atoms in total. The maximum absolute atomic E-state index is 10.5. The van der Waals surface area contributed by atoms with Gasteiger partial charge in [0.2, 0.25) is 5.88 Å². The first-order valence-electron chi connectivity index (χ1n) is 17.9. The normalized spacial score (nSPS) is 22.1. The van der Waals surface area contributed by atoms with E-state index < -0.39 is 30.5 Å². The van der Waals surface area contributed by atoms with Crippen molar-refractivity contribution in [2.24, 2.45) is 5.92 Å². The summed E-state index contributed by atoms with van der Waals surface area (Å²) in [4.78, 5) is 6.78. The summed E-state index contributed by atoms with van der Waals surface area (Å²) in [6.07, 6.45) is 3.98. The summed E-state index contributed by atoms with van der Waals surface area (Å²) in [5.74, 6) is -0.126. The average molecular weight is 717 g/mol. The van der Waals surface area contributed by atoms with Crippen LogP contribution in [0.15, 0.2) is 54.9 Å². The molecule has 4 aromatic rings. The molecule has 2 aromatic heterocycles. The number of pyridine rings is 1. The van der Waals surface area contributed by atoms with Crippen molar-refractivity contribution in [3.63, 3.8) is 0 Å². The topological polar surface area (TPSA) is 166 Å². The van der Waals surface area contributed by atoms with E-state index in [2.05, 4.69) is 56.6 Å². The minimum absolute atomic E-state index is 0.242. The lowest BCUT2D eigenvalue weighted by molar-refractivity contribution is -0.277. The van der Waals surface area contributed by atoms with Gasteiger partial charge in [0.15, 0.2) is 6.29 Å². The second kappa shape index (κ2) is 18.5. The standard InChI is InChI=1S/C38H48N6O8/c1-26-35(45)34(52-38(47-2)36(26)46)24-44-23-30(41-42-44)25-50-17-16-48-14-15-49-18-19-51-37-33(22-39)32(10-11-40-37)29-7-6-28-21-31(9-8-27(28)20-29)43-12-4-3-5-13-43/h6-11,20-21,23,26,34-36,38,45-46H,3-5,12-19,24-25H2,1-2H3. The first-order valence-corrected chi connectivity index (χ1v) is 17.9. The van der Waals surface area contributed by atoms with E-state index in [4.69, 9.17) is 28.4 Å². The van der Waals surface area contributed by atoms with Gasteiger partial charge in [-0.3, -0.25) is 0 Å². The molecule has 2 saturated heterocycles. The van der Waals surface area contributed by atoms with E-state index in [0.29, 0.717) is 44.3 Å². The van der Waals surface area contributed by atoms with Crippen LogP contribution in [0.3, 0.4) is 0 Å². The second-order valence-corrected chi connectivity index (χ2v) is 13.1. The number of aliphatic hydroxyl groups is 2. The van der Waals surface area contributed by atoms with E-state index in [9.17, 15) is 15.5 Å². The molecule has 5 atom stereocenters. The van der Waals surface area contributed by atoms with Gasteiger partial charge in [0.1, 0.15) is 36.1 Å². The SMILES string of the molecule is COC1OC(Cn2cc(COCCOCCOCCOc3nccc(-c4ccc5cc(N6CCCCC6)ccc5c4)c3C#N)nn2)C(O)C(C)C1O. The summed E-state index contributed by atoms with van der Waals surface area (Å²) in [6, 6.07) is 17.0. The maximum Gasteiger partial charge on any atom is 0.232 e. The first kappa shape index (κ1) is 37.6. The third kappa shape index (κ3) is 9.42. The lowest BCUT2D eigenvalue weighted by atomic mass is 9.90. The van der Waals surface area contributed by atoms with Gasteiger partial charge in [0.25, 0.3) is 0 Å². The van der Waals surface area contributed by atoms with Crippen LogP contribution in [-0.2, 0) is 36.8 Å². The average Bonchev–Trinajstić information content (AvgIpc) is 3.63. The molecule has 2 aliphatic rings. The van der Waals surface area contributed by atoms with E-state index in [1.54, 1.807) is 24.0 Å². The lowest BCUT2D eigenvalue weighted by Gasteiger charge is -2.40. The van der Waals surface area contributed by atoms with Crippen LogP contribution in [0, 0.1) is 17.2 Å². The summed E-state index contributed by atoms with van der Waals surface area (Å²) in [7, 11) is 1.45. The number of fused-ring (bicyclic) bond motifs is 1. The third-order valence-corrected chi connectivity index (χ3v) is 9.58. The smallest absolute Gasteiger partial charge is 0.232 e. The first-order chi connectivity index (χ1) is 25.4. The molecular weight excluding hydrogens is 668 g/mol. The quantitative estimate of drug-likeness (QED) is 0.152. The number of benzene rings is 2. The summed E-state index contributed by atoms with van der Waals surface area (Å²) in [5, 5.41) is 41.2. The molecule has 0 bridgehead atoms. The molecule has 5 unspecified atom stereocenters. The number of hydrogen-bond donors (Lipinski definition) is 2. The van der Waals surface area contributed by atoms with Crippen LogP contribution in [0.1, 0.15) is 37.4 Å². The van der Waals surface area contributed by atoms with Gasteiger partial charge >= 0.3 is 0 Å². The zero-order chi connectivity index (χ0) is 36.3. The van der Waals surface area contributed by atoms with Crippen LogP contribution in [0.2, 0.25) is 0 Å². The number of aromatic nitrogens is 4. The Hall–Kier alpha value is -4.20. The van der Waals surface area contributed by atoms with Crippen LogP contribution < -0.4 is 9.64 Å². The van der Waals surface area contributed by atoms with Crippen molar-refractivity contribution in [1.82, 2.24) is 20.0 Å². The highest BCUT2D eigenvalue weighted by molar-refractivity contribution is 5.90. The number of anilines is 1. The molecule has 2 aromatic carbocycles. The minimum Gasteiger partial charge on any atom is -0.474 e. The fraction of sp³-hybridized carbons (Fsp3) is 0.526. The van der Waals surface area contributed by atoms with Crippen molar-refractivity contribution in [1.29, 1.82) is 5.26 Å². The molecule has 2 fully saturated rings.